The van der Waals surface area contributed by atoms with Crippen LogP contribution in [-0.2, 0) is 9.59 Å². The number of ether oxygens (including phenoxy) is 2. The Kier molecular flexibility index (Phi) is 4.69. The maximum absolute atomic E-state index is 10.8. The van der Waals surface area contributed by atoms with Gasteiger partial charge in [0.15, 0.2) is 24.7 Å². The molecule has 3 N–H and O–H groups in total. The highest BCUT2D eigenvalue weighted by Gasteiger charge is 2.13. The molecule has 0 saturated carbocycles. The van der Waals surface area contributed by atoms with Crippen LogP contribution in [0.25, 0.3) is 0 Å². The third-order valence-corrected chi connectivity index (χ3v) is 1.89. The van der Waals surface area contributed by atoms with E-state index in [1.54, 1.807) is 0 Å². The van der Waals surface area contributed by atoms with Gasteiger partial charge in [-0.1, -0.05) is 0 Å². The van der Waals surface area contributed by atoms with Crippen molar-refractivity contribution >= 4 is 17.9 Å². The second kappa shape index (κ2) is 6.24. The van der Waals surface area contributed by atoms with Crippen molar-refractivity contribution in [2.24, 2.45) is 0 Å². The van der Waals surface area contributed by atoms with E-state index in [1.807, 2.05) is 0 Å². The summed E-state index contributed by atoms with van der Waals surface area (Å²) in [5.74, 6) is -3.92. The monoisotopic (exact) mass is 270 g/mol. The summed E-state index contributed by atoms with van der Waals surface area (Å²) in [5, 5.41) is 25.7. The lowest BCUT2D eigenvalue weighted by atomic mass is 10.2. The molecule has 0 amide bonds. The van der Waals surface area contributed by atoms with E-state index in [-0.39, 0.29) is 17.1 Å². The smallest absolute Gasteiger partial charge is 0.341 e. The predicted octanol–water partition coefficient (Wildman–Crippen LogP) is 0.312. The summed E-state index contributed by atoms with van der Waals surface area (Å²) in [6.07, 6.45) is 0. The van der Waals surface area contributed by atoms with Crippen molar-refractivity contribution in [3.8, 4) is 11.5 Å². The Bertz CT molecular complexity index is 507. The van der Waals surface area contributed by atoms with Crippen LogP contribution in [0.2, 0.25) is 0 Å². The van der Waals surface area contributed by atoms with Gasteiger partial charge >= 0.3 is 17.9 Å². The van der Waals surface area contributed by atoms with Gasteiger partial charge in [0.2, 0.25) is 0 Å². The predicted molar refractivity (Wildman–Crippen MR) is 59.7 cm³/mol. The Hall–Kier alpha value is -2.77. The molecule has 0 fully saturated rings. The molecule has 0 unspecified atom stereocenters. The van der Waals surface area contributed by atoms with Crippen LogP contribution in [0.15, 0.2) is 18.2 Å². The fourth-order valence-corrected chi connectivity index (χ4v) is 1.15. The van der Waals surface area contributed by atoms with Crippen molar-refractivity contribution in [3.05, 3.63) is 23.8 Å². The molecule has 0 heterocycles. The van der Waals surface area contributed by atoms with Crippen molar-refractivity contribution in [1.82, 2.24) is 0 Å². The zero-order chi connectivity index (χ0) is 14.4. The van der Waals surface area contributed by atoms with Crippen LogP contribution in [0.3, 0.4) is 0 Å². The molecule has 8 nitrogen and oxygen atoms in total. The van der Waals surface area contributed by atoms with Crippen LogP contribution >= 0.6 is 0 Å². The highest BCUT2D eigenvalue weighted by atomic mass is 16.5. The third-order valence-electron chi connectivity index (χ3n) is 1.89. The standard InChI is InChI=1S/C11H10O8/c12-9(13)4-18-7-2-1-6(11(16)17)3-8(7)19-5-10(14)15/h1-3H,4-5H2,(H,12,13)(H,14,15)(H,16,17). The normalized spacial score (nSPS) is 9.68. The van der Waals surface area contributed by atoms with E-state index >= 15 is 0 Å². The molecule has 102 valence electrons. The summed E-state index contributed by atoms with van der Waals surface area (Å²) in [6, 6.07) is 3.44. The molecule has 0 aromatic heterocycles. The number of aromatic carboxylic acids is 1. The summed E-state index contributed by atoms with van der Waals surface area (Å²) in [5.41, 5.74) is -0.136. The number of hydrogen-bond acceptors (Lipinski definition) is 5. The van der Waals surface area contributed by atoms with Gasteiger partial charge in [-0.05, 0) is 18.2 Å². The van der Waals surface area contributed by atoms with Gasteiger partial charge in [0, 0.05) is 0 Å². The molecule has 0 saturated heterocycles. The molecule has 0 atom stereocenters. The van der Waals surface area contributed by atoms with E-state index in [0.29, 0.717) is 0 Å². The van der Waals surface area contributed by atoms with E-state index < -0.39 is 31.1 Å². The highest BCUT2D eigenvalue weighted by Crippen LogP contribution is 2.28. The van der Waals surface area contributed by atoms with Crippen molar-refractivity contribution in [3.63, 3.8) is 0 Å². The highest BCUT2D eigenvalue weighted by molar-refractivity contribution is 5.88. The summed E-state index contributed by atoms with van der Waals surface area (Å²) < 4.78 is 9.70. The molecule has 1 aromatic rings. The number of aliphatic carboxylic acids is 2. The van der Waals surface area contributed by atoms with Crippen molar-refractivity contribution in [1.29, 1.82) is 0 Å². The van der Waals surface area contributed by atoms with Gasteiger partial charge in [-0.25, -0.2) is 14.4 Å². The first-order valence-corrected chi connectivity index (χ1v) is 4.96. The number of hydrogen-bond donors (Lipinski definition) is 3. The molecule has 1 aromatic carbocycles. The molecular formula is C11H10O8. The summed E-state index contributed by atoms with van der Waals surface area (Å²) in [6.45, 7) is -1.36. The summed E-state index contributed by atoms with van der Waals surface area (Å²) in [4.78, 5) is 31.5. The molecule has 0 aliphatic rings. The van der Waals surface area contributed by atoms with Gasteiger partial charge in [0.05, 0.1) is 5.56 Å². The first-order chi connectivity index (χ1) is 8.90. The fraction of sp³-hybridized carbons (Fsp3) is 0.182. The van der Waals surface area contributed by atoms with E-state index in [4.69, 9.17) is 24.8 Å². The second-order valence-electron chi connectivity index (χ2n) is 3.33. The zero-order valence-corrected chi connectivity index (χ0v) is 9.53. The minimum atomic E-state index is -1.26. The molecule has 0 bridgehead atoms. The second-order valence-corrected chi connectivity index (χ2v) is 3.33. The Morgan fingerprint density at radius 3 is 1.89 bits per heavy atom. The van der Waals surface area contributed by atoms with Crippen molar-refractivity contribution < 1.29 is 39.2 Å². The molecule has 19 heavy (non-hydrogen) atoms. The maximum atomic E-state index is 10.8. The Morgan fingerprint density at radius 1 is 0.895 bits per heavy atom. The van der Waals surface area contributed by atoms with Gasteiger partial charge < -0.3 is 24.8 Å². The molecule has 0 spiro atoms. The van der Waals surface area contributed by atoms with Crippen LogP contribution in [0.4, 0.5) is 0 Å². The van der Waals surface area contributed by atoms with E-state index in [2.05, 4.69) is 0 Å². The van der Waals surface area contributed by atoms with Crippen LogP contribution in [0, 0.1) is 0 Å². The number of carbonyl (C=O) groups is 3. The van der Waals surface area contributed by atoms with Gasteiger partial charge in [0.1, 0.15) is 0 Å². The lowest BCUT2D eigenvalue weighted by Crippen LogP contribution is -2.13. The number of carboxylic acids is 3. The number of carboxylic acid groups (broad SMARTS) is 3. The summed E-state index contributed by atoms with van der Waals surface area (Å²) >= 11 is 0. The SMILES string of the molecule is O=C(O)COc1ccc(C(=O)O)cc1OCC(=O)O. The van der Waals surface area contributed by atoms with Gasteiger partial charge in [-0.3, -0.25) is 0 Å². The lowest BCUT2D eigenvalue weighted by Gasteiger charge is -2.11. The van der Waals surface area contributed by atoms with E-state index in [0.717, 1.165) is 6.07 Å². The average molecular weight is 270 g/mol. The first kappa shape index (κ1) is 14.3. The van der Waals surface area contributed by atoms with Crippen LogP contribution in [0.5, 0.6) is 11.5 Å². The van der Waals surface area contributed by atoms with Gasteiger partial charge in [0.25, 0.3) is 0 Å². The van der Waals surface area contributed by atoms with E-state index in [9.17, 15) is 14.4 Å². The molecule has 1 rings (SSSR count). The molecule has 0 radical (unpaired) electrons. The largest absolute Gasteiger partial charge is 0.479 e. The average Bonchev–Trinajstić information content (AvgIpc) is 2.33. The first-order valence-electron chi connectivity index (χ1n) is 4.96. The minimum absolute atomic E-state index is 0.0475. The Balaban J connectivity index is 2.96. The lowest BCUT2D eigenvalue weighted by molar-refractivity contribution is -0.140. The molecule has 8 heteroatoms. The zero-order valence-electron chi connectivity index (χ0n) is 9.53. The molecule has 0 aliphatic heterocycles. The number of benzene rings is 1. The van der Waals surface area contributed by atoms with E-state index in [1.165, 1.54) is 12.1 Å². The quantitative estimate of drug-likeness (QED) is 0.645. The molecule has 0 aliphatic carbocycles. The Labute approximate surface area is 106 Å². The number of rotatable bonds is 7. The topological polar surface area (TPSA) is 130 Å². The van der Waals surface area contributed by atoms with Crippen LogP contribution < -0.4 is 9.47 Å². The van der Waals surface area contributed by atoms with Crippen molar-refractivity contribution in [2.75, 3.05) is 13.2 Å². The van der Waals surface area contributed by atoms with Crippen molar-refractivity contribution in [2.45, 2.75) is 0 Å². The minimum Gasteiger partial charge on any atom is -0.479 e. The third kappa shape index (κ3) is 4.54. The van der Waals surface area contributed by atoms with Gasteiger partial charge in [-0.15, -0.1) is 0 Å². The fourth-order valence-electron chi connectivity index (χ4n) is 1.15. The Morgan fingerprint density at radius 2 is 1.42 bits per heavy atom. The van der Waals surface area contributed by atoms with Gasteiger partial charge in [-0.2, -0.15) is 0 Å². The van der Waals surface area contributed by atoms with Crippen LogP contribution in [0.1, 0.15) is 10.4 Å². The molecular weight excluding hydrogens is 260 g/mol. The van der Waals surface area contributed by atoms with Crippen LogP contribution in [-0.4, -0.2) is 46.4 Å². The maximum Gasteiger partial charge on any atom is 0.341 e. The summed E-state index contributed by atoms with van der Waals surface area (Å²) in [7, 11) is 0.